The van der Waals surface area contributed by atoms with E-state index < -0.39 is 0 Å². The maximum absolute atomic E-state index is 4.48. The van der Waals surface area contributed by atoms with Gasteiger partial charge in [-0.05, 0) is 13.8 Å². The molecule has 2 heteroatoms. The summed E-state index contributed by atoms with van der Waals surface area (Å²) in [7, 11) is 0. The molecule has 2 atom stereocenters. The maximum Gasteiger partial charge on any atom is 0.0460 e. The van der Waals surface area contributed by atoms with Gasteiger partial charge >= 0.3 is 0 Å². The van der Waals surface area contributed by atoms with Crippen molar-refractivity contribution in [3.63, 3.8) is 0 Å². The molecule has 0 aromatic heterocycles. The summed E-state index contributed by atoms with van der Waals surface area (Å²) in [6.45, 7) is 4.12. The van der Waals surface area contributed by atoms with Crippen molar-refractivity contribution in [3.05, 3.63) is 24.3 Å². The van der Waals surface area contributed by atoms with E-state index in [2.05, 4.69) is 51.3 Å². The second-order valence-corrected chi connectivity index (χ2v) is 4.87. The zero-order valence-electron chi connectivity index (χ0n) is 6.20. The Labute approximate surface area is 73.2 Å². The van der Waals surface area contributed by atoms with Gasteiger partial charge in [-0.2, -0.15) is 25.3 Å². The largest absolute Gasteiger partial charge is 0.167 e. The van der Waals surface area contributed by atoms with Gasteiger partial charge in [0.15, 0.2) is 0 Å². The number of rotatable bonds is 0. The van der Waals surface area contributed by atoms with Gasteiger partial charge in [0.25, 0.3) is 0 Å². The van der Waals surface area contributed by atoms with E-state index in [-0.39, 0.29) is 9.49 Å². The second-order valence-electron chi connectivity index (χ2n) is 3.01. The molecule has 1 aliphatic rings. The molecule has 0 aromatic rings. The van der Waals surface area contributed by atoms with Crippen molar-refractivity contribution in [2.75, 3.05) is 0 Å². The van der Waals surface area contributed by atoms with E-state index in [0.717, 1.165) is 0 Å². The number of hydrogen-bond acceptors (Lipinski definition) is 2. The van der Waals surface area contributed by atoms with Gasteiger partial charge in [0.05, 0.1) is 0 Å². The topological polar surface area (TPSA) is 0 Å². The van der Waals surface area contributed by atoms with Crippen LogP contribution in [0.3, 0.4) is 0 Å². The van der Waals surface area contributed by atoms with Gasteiger partial charge < -0.3 is 0 Å². The third-order valence-corrected chi connectivity index (χ3v) is 3.38. The average Bonchev–Trinajstić information content (AvgIpc) is 1.77. The van der Waals surface area contributed by atoms with Crippen LogP contribution < -0.4 is 0 Å². The molecule has 10 heavy (non-hydrogen) atoms. The van der Waals surface area contributed by atoms with Gasteiger partial charge in [-0.15, -0.1) is 0 Å². The molecule has 0 saturated heterocycles. The fraction of sp³-hybridized carbons (Fsp3) is 0.500. The fourth-order valence-electron chi connectivity index (χ4n) is 0.823. The van der Waals surface area contributed by atoms with Crippen LogP contribution in [-0.2, 0) is 0 Å². The van der Waals surface area contributed by atoms with Gasteiger partial charge in [0.1, 0.15) is 0 Å². The molecule has 0 N–H and O–H groups in total. The molecule has 0 radical (unpaired) electrons. The molecule has 0 aliphatic heterocycles. The van der Waals surface area contributed by atoms with Crippen LogP contribution in [0.25, 0.3) is 0 Å². The number of hydrogen-bond donors (Lipinski definition) is 2. The molecule has 0 amide bonds. The maximum atomic E-state index is 4.48. The normalized spacial score (nSPS) is 46.0. The van der Waals surface area contributed by atoms with E-state index in [1.54, 1.807) is 0 Å². The van der Waals surface area contributed by atoms with Crippen molar-refractivity contribution in [3.8, 4) is 0 Å². The SMILES string of the molecule is CC1(S)C=CC=CC1(C)S. The van der Waals surface area contributed by atoms with Gasteiger partial charge in [-0.25, -0.2) is 0 Å². The first-order chi connectivity index (χ1) is 4.46. The van der Waals surface area contributed by atoms with Crippen molar-refractivity contribution in [2.24, 2.45) is 0 Å². The van der Waals surface area contributed by atoms with Crippen LogP contribution in [0, 0.1) is 0 Å². The molecule has 0 fully saturated rings. The van der Waals surface area contributed by atoms with E-state index in [0.29, 0.717) is 0 Å². The Balaban J connectivity index is 2.96. The summed E-state index contributed by atoms with van der Waals surface area (Å²) in [5.74, 6) is 0. The van der Waals surface area contributed by atoms with E-state index in [4.69, 9.17) is 0 Å². The summed E-state index contributed by atoms with van der Waals surface area (Å²) in [6, 6.07) is 0. The van der Waals surface area contributed by atoms with E-state index in [9.17, 15) is 0 Å². The summed E-state index contributed by atoms with van der Waals surface area (Å²) in [6.07, 6.45) is 8.13. The first kappa shape index (κ1) is 8.28. The Kier molecular flexibility index (Phi) is 1.94. The minimum absolute atomic E-state index is 0.134. The van der Waals surface area contributed by atoms with Crippen LogP contribution in [0.5, 0.6) is 0 Å². The predicted molar refractivity (Wildman–Crippen MR) is 53.1 cm³/mol. The molecule has 0 bridgehead atoms. The van der Waals surface area contributed by atoms with Gasteiger partial charge in [-0.1, -0.05) is 24.3 Å². The van der Waals surface area contributed by atoms with Crippen molar-refractivity contribution in [2.45, 2.75) is 23.3 Å². The first-order valence-electron chi connectivity index (χ1n) is 3.27. The van der Waals surface area contributed by atoms with Crippen LogP contribution in [0.15, 0.2) is 24.3 Å². The zero-order valence-corrected chi connectivity index (χ0v) is 7.99. The standard InChI is InChI=1S/C8H12S2/c1-7(9)5-3-4-6-8(7,2)10/h3-6,9-10H,1-2H3. The Morgan fingerprint density at radius 3 is 1.40 bits per heavy atom. The number of allylic oxidation sites excluding steroid dienone is 2. The molecular weight excluding hydrogens is 160 g/mol. The smallest absolute Gasteiger partial charge is 0.0460 e. The summed E-state index contributed by atoms with van der Waals surface area (Å²) >= 11 is 8.97. The molecule has 0 nitrogen and oxygen atoms in total. The van der Waals surface area contributed by atoms with Crippen molar-refractivity contribution in [1.82, 2.24) is 0 Å². The molecule has 1 rings (SSSR count). The van der Waals surface area contributed by atoms with Crippen LogP contribution in [0.2, 0.25) is 0 Å². The number of thiol groups is 2. The lowest BCUT2D eigenvalue weighted by atomic mass is 9.90. The third kappa shape index (κ3) is 1.28. The Hall–Kier alpha value is 0.180. The van der Waals surface area contributed by atoms with E-state index in [1.165, 1.54) is 0 Å². The van der Waals surface area contributed by atoms with Crippen molar-refractivity contribution >= 4 is 25.3 Å². The summed E-state index contributed by atoms with van der Waals surface area (Å²) in [5, 5.41) is 0. The zero-order chi connectivity index (χ0) is 7.83. The van der Waals surface area contributed by atoms with Gasteiger partial charge in [0.2, 0.25) is 0 Å². The van der Waals surface area contributed by atoms with Crippen LogP contribution >= 0.6 is 25.3 Å². The second kappa shape index (κ2) is 2.35. The highest BCUT2D eigenvalue weighted by Gasteiger charge is 2.35. The molecule has 0 spiro atoms. The van der Waals surface area contributed by atoms with Gasteiger partial charge in [0, 0.05) is 9.49 Å². The lowest BCUT2D eigenvalue weighted by Crippen LogP contribution is -2.38. The highest BCUT2D eigenvalue weighted by atomic mass is 32.1. The molecule has 0 heterocycles. The summed E-state index contributed by atoms with van der Waals surface area (Å²) in [4.78, 5) is 0. The molecule has 0 saturated carbocycles. The molecule has 1 aliphatic carbocycles. The molecule has 2 unspecified atom stereocenters. The van der Waals surface area contributed by atoms with E-state index >= 15 is 0 Å². The monoisotopic (exact) mass is 172 g/mol. The van der Waals surface area contributed by atoms with E-state index in [1.807, 2.05) is 12.2 Å². The van der Waals surface area contributed by atoms with Crippen LogP contribution in [0.1, 0.15) is 13.8 Å². The average molecular weight is 172 g/mol. The van der Waals surface area contributed by atoms with Crippen molar-refractivity contribution < 1.29 is 0 Å². The molecule has 0 aromatic carbocycles. The van der Waals surface area contributed by atoms with Crippen LogP contribution in [0.4, 0.5) is 0 Å². The Morgan fingerprint density at radius 2 is 1.20 bits per heavy atom. The molecule has 56 valence electrons. The highest BCUT2D eigenvalue weighted by Crippen LogP contribution is 2.38. The summed E-state index contributed by atoms with van der Waals surface area (Å²) in [5.41, 5.74) is 0. The highest BCUT2D eigenvalue weighted by molar-refractivity contribution is 7.86. The lowest BCUT2D eigenvalue weighted by molar-refractivity contribution is 0.659. The lowest BCUT2D eigenvalue weighted by Gasteiger charge is -2.36. The first-order valence-corrected chi connectivity index (χ1v) is 4.17. The summed E-state index contributed by atoms with van der Waals surface area (Å²) < 4.78 is -0.268. The Bertz CT molecular complexity index is 165. The minimum atomic E-state index is -0.134. The van der Waals surface area contributed by atoms with Crippen LogP contribution in [-0.4, -0.2) is 9.49 Å². The van der Waals surface area contributed by atoms with Crippen molar-refractivity contribution in [1.29, 1.82) is 0 Å². The third-order valence-electron chi connectivity index (χ3n) is 1.98. The molecular formula is C8H12S2. The minimum Gasteiger partial charge on any atom is -0.167 e. The Morgan fingerprint density at radius 1 is 0.900 bits per heavy atom. The fourth-order valence-corrected chi connectivity index (χ4v) is 1.14. The van der Waals surface area contributed by atoms with Gasteiger partial charge in [-0.3, -0.25) is 0 Å². The predicted octanol–water partition coefficient (Wildman–Crippen LogP) is 2.49. The quantitative estimate of drug-likeness (QED) is 0.515.